The number of anilines is 1. The van der Waals surface area contributed by atoms with Crippen molar-refractivity contribution < 1.29 is 29.4 Å². The van der Waals surface area contributed by atoms with Crippen molar-refractivity contribution in [3.63, 3.8) is 0 Å². The molecule has 0 saturated heterocycles. The standard InChI is InChI=1S/C20H17NO6/c22-10-16-12-3-1-4-14(20(26)27)19(12)13-8-7-11(9-15(13)16)21-17(23)5-2-6-18(24)25/h1,3-4,7-10,16H,2,5-6H2,(H,21,23)(H,24,25)(H,26,27). The molecule has 7 nitrogen and oxygen atoms in total. The van der Waals surface area contributed by atoms with Crippen molar-refractivity contribution in [1.82, 2.24) is 0 Å². The predicted molar refractivity (Wildman–Crippen MR) is 96.9 cm³/mol. The quantitative estimate of drug-likeness (QED) is 0.647. The van der Waals surface area contributed by atoms with E-state index >= 15 is 0 Å². The van der Waals surface area contributed by atoms with Crippen LogP contribution < -0.4 is 5.32 Å². The van der Waals surface area contributed by atoms with Gasteiger partial charge in [-0.2, -0.15) is 0 Å². The second-order valence-corrected chi connectivity index (χ2v) is 6.29. The lowest BCUT2D eigenvalue weighted by Crippen LogP contribution is -2.12. The number of benzene rings is 2. The smallest absolute Gasteiger partial charge is 0.336 e. The van der Waals surface area contributed by atoms with Gasteiger partial charge in [0.1, 0.15) is 6.29 Å². The normalized spacial score (nSPS) is 14.1. The highest BCUT2D eigenvalue weighted by Gasteiger charge is 2.32. The van der Waals surface area contributed by atoms with Crippen LogP contribution in [0.1, 0.15) is 46.7 Å². The van der Waals surface area contributed by atoms with Crippen LogP contribution in [0.5, 0.6) is 0 Å². The number of amides is 1. The minimum Gasteiger partial charge on any atom is -0.481 e. The topological polar surface area (TPSA) is 121 Å². The van der Waals surface area contributed by atoms with E-state index in [1.54, 1.807) is 30.3 Å². The number of carboxylic acid groups (broad SMARTS) is 2. The Hall–Kier alpha value is -3.48. The van der Waals surface area contributed by atoms with Crippen LogP contribution in [0.25, 0.3) is 11.1 Å². The molecule has 0 bridgehead atoms. The Morgan fingerprint density at radius 2 is 1.81 bits per heavy atom. The molecule has 0 fully saturated rings. The molecular formula is C20H17NO6. The van der Waals surface area contributed by atoms with E-state index in [9.17, 15) is 24.3 Å². The Kier molecular flexibility index (Phi) is 5.03. The molecule has 0 radical (unpaired) electrons. The molecule has 27 heavy (non-hydrogen) atoms. The fraction of sp³-hybridized carbons (Fsp3) is 0.200. The summed E-state index contributed by atoms with van der Waals surface area (Å²) < 4.78 is 0. The van der Waals surface area contributed by atoms with Gasteiger partial charge in [0.2, 0.25) is 5.91 Å². The van der Waals surface area contributed by atoms with Gasteiger partial charge in [0.05, 0.1) is 11.5 Å². The van der Waals surface area contributed by atoms with E-state index in [1.807, 2.05) is 0 Å². The summed E-state index contributed by atoms with van der Waals surface area (Å²) in [5.41, 5.74) is 3.05. The van der Waals surface area contributed by atoms with Gasteiger partial charge in [0, 0.05) is 24.1 Å². The van der Waals surface area contributed by atoms with E-state index in [1.165, 1.54) is 6.07 Å². The first kappa shape index (κ1) is 18.3. The Morgan fingerprint density at radius 1 is 1.04 bits per heavy atom. The van der Waals surface area contributed by atoms with Crippen molar-refractivity contribution in [3.8, 4) is 11.1 Å². The number of aromatic carboxylic acids is 1. The third kappa shape index (κ3) is 3.57. The number of aldehydes is 1. The first-order valence-electron chi connectivity index (χ1n) is 8.40. The van der Waals surface area contributed by atoms with E-state index in [-0.39, 0.29) is 30.7 Å². The zero-order chi connectivity index (χ0) is 19.6. The van der Waals surface area contributed by atoms with Gasteiger partial charge in [-0.3, -0.25) is 9.59 Å². The summed E-state index contributed by atoms with van der Waals surface area (Å²) in [5, 5.41) is 20.8. The maximum Gasteiger partial charge on any atom is 0.336 e. The second-order valence-electron chi connectivity index (χ2n) is 6.29. The fourth-order valence-corrected chi connectivity index (χ4v) is 3.37. The second kappa shape index (κ2) is 7.41. The number of rotatable bonds is 7. The zero-order valence-corrected chi connectivity index (χ0v) is 14.3. The number of carboxylic acids is 2. The maximum absolute atomic E-state index is 12.0. The monoisotopic (exact) mass is 367 g/mol. The Morgan fingerprint density at radius 3 is 2.48 bits per heavy atom. The van der Waals surface area contributed by atoms with Crippen LogP contribution in [0, 0.1) is 0 Å². The number of carbonyl (C=O) groups is 4. The molecule has 1 aliphatic rings. The van der Waals surface area contributed by atoms with Crippen LogP contribution in [0.2, 0.25) is 0 Å². The molecule has 138 valence electrons. The minimum absolute atomic E-state index is 0.0733. The van der Waals surface area contributed by atoms with Crippen LogP contribution in [0.3, 0.4) is 0 Å². The van der Waals surface area contributed by atoms with E-state index in [0.717, 1.165) is 6.29 Å². The first-order valence-corrected chi connectivity index (χ1v) is 8.40. The molecule has 3 rings (SSSR count). The van der Waals surface area contributed by atoms with Gasteiger partial charge < -0.3 is 20.3 Å². The molecule has 7 heteroatoms. The van der Waals surface area contributed by atoms with Gasteiger partial charge in [-0.1, -0.05) is 18.2 Å². The summed E-state index contributed by atoms with van der Waals surface area (Å²) in [6.45, 7) is 0. The van der Waals surface area contributed by atoms with Crippen LogP contribution in [-0.2, 0) is 14.4 Å². The summed E-state index contributed by atoms with van der Waals surface area (Å²) in [6.07, 6.45) is 0.979. The van der Waals surface area contributed by atoms with E-state index in [0.29, 0.717) is 27.9 Å². The van der Waals surface area contributed by atoms with Gasteiger partial charge in [-0.15, -0.1) is 0 Å². The van der Waals surface area contributed by atoms with E-state index < -0.39 is 17.9 Å². The third-order valence-corrected chi connectivity index (χ3v) is 4.53. The number of hydrogen-bond acceptors (Lipinski definition) is 4. The largest absolute Gasteiger partial charge is 0.481 e. The minimum atomic E-state index is -1.07. The summed E-state index contributed by atoms with van der Waals surface area (Å²) in [7, 11) is 0. The molecular weight excluding hydrogens is 350 g/mol. The molecule has 0 heterocycles. The van der Waals surface area contributed by atoms with Crippen LogP contribution in [0.15, 0.2) is 36.4 Å². The molecule has 0 saturated carbocycles. The lowest BCUT2D eigenvalue weighted by atomic mass is 9.97. The molecule has 1 amide bonds. The molecule has 1 atom stereocenters. The zero-order valence-electron chi connectivity index (χ0n) is 14.3. The van der Waals surface area contributed by atoms with Crippen molar-refractivity contribution in [1.29, 1.82) is 0 Å². The molecule has 1 unspecified atom stereocenters. The lowest BCUT2D eigenvalue weighted by Gasteiger charge is -2.09. The maximum atomic E-state index is 12.0. The summed E-state index contributed by atoms with van der Waals surface area (Å²) >= 11 is 0. The molecule has 0 aliphatic heterocycles. The molecule has 0 aromatic heterocycles. The highest BCUT2D eigenvalue weighted by atomic mass is 16.4. The van der Waals surface area contributed by atoms with E-state index in [2.05, 4.69) is 5.32 Å². The van der Waals surface area contributed by atoms with Gasteiger partial charge >= 0.3 is 11.9 Å². The fourth-order valence-electron chi connectivity index (χ4n) is 3.37. The highest BCUT2D eigenvalue weighted by molar-refractivity contribution is 6.02. The van der Waals surface area contributed by atoms with Crippen molar-refractivity contribution in [3.05, 3.63) is 53.1 Å². The third-order valence-electron chi connectivity index (χ3n) is 4.53. The van der Waals surface area contributed by atoms with Crippen molar-refractivity contribution >= 4 is 29.8 Å². The van der Waals surface area contributed by atoms with Gasteiger partial charge in [-0.05, 0) is 41.3 Å². The van der Waals surface area contributed by atoms with Crippen LogP contribution in [0.4, 0.5) is 5.69 Å². The van der Waals surface area contributed by atoms with Crippen LogP contribution >= 0.6 is 0 Å². The summed E-state index contributed by atoms with van der Waals surface area (Å²) in [6, 6.07) is 9.83. The van der Waals surface area contributed by atoms with Crippen LogP contribution in [-0.4, -0.2) is 34.3 Å². The molecule has 1 aliphatic carbocycles. The molecule has 2 aromatic carbocycles. The summed E-state index contributed by atoms with van der Waals surface area (Å²) in [5.74, 6) is -2.94. The van der Waals surface area contributed by atoms with Crippen molar-refractivity contribution in [2.75, 3.05) is 5.32 Å². The Bertz CT molecular complexity index is 949. The average Bonchev–Trinajstić information content (AvgIpc) is 2.93. The van der Waals surface area contributed by atoms with Crippen molar-refractivity contribution in [2.45, 2.75) is 25.2 Å². The van der Waals surface area contributed by atoms with Crippen molar-refractivity contribution in [2.24, 2.45) is 0 Å². The lowest BCUT2D eigenvalue weighted by molar-refractivity contribution is -0.137. The molecule has 3 N–H and O–H groups in total. The van der Waals surface area contributed by atoms with E-state index in [4.69, 9.17) is 5.11 Å². The van der Waals surface area contributed by atoms with Gasteiger partial charge in [-0.25, -0.2) is 4.79 Å². The Labute approximate surface area is 154 Å². The van der Waals surface area contributed by atoms with Gasteiger partial charge in [0.25, 0.3) is 0 Å². The van der Waals surface area contributed by atoms with Gasteiger partial charge in [0.15, 0.2) is 0 Å². The Balaban J connectivity index is 1.89. The highest BCUT2D eigenvalue weighted by Crippen LogP contribution is 2.46. The molecule has 0 spiro atoms. The number of carbonyl (C=O) groups excluding carboxylic acids is 2. The number of fused-ring (bicyclic) bond motifs is 3. The molecule has 2 aromatic rings. The first-order chi connectivity index (χ1) is 12.9. The number of hydrogen-bond donors (Lipinski definition) is 3. The predicted octanol–water partition coefficient (Wildman–Crippen LogP) is 2.89. The SMILES string of the molecule is O=CC1c2cc(NC(=O)CCCC(=O)O)ccc2-c2c(C(=O)O)cccc21. The summed E-state index contributed by atoms with van der Waals surface area (Å²) in [4.78, 5) is 45.7. The average molecular weight is 367 g/mol. The number of nitrogens with one attached hydrogen (secondary N) is 1. The number of aliphatic carboxylic acids is 1.